The first-order chi connectivity index (χ1) is 22.9. The smallest absolute Gasteiger partial charge is 0.421 e. The maximum absolute atomic E-state index is 14.3. The molecule has 2 aliphatic rings. The number of aryl methyl sites for hydroxylation is 1. The van der Waals surface area contributed by atoms with Gasteiger partial charge in [-0.25, -0.2) is 9.97 Å². The number of pyridine rings is 1. The highest BCUT2D eigenvalue weighted by molar-refractivity contribution is 6.05. The van der Waals surface area contributed by atoms with Crippen molar-refractivity contribution in [3.8, 4) is 5.88 Å². The van der Waals surface area contributed by atoms with Crippen LogP contribution < -0.4 is 20.7 Å². The molecule has 1 aliphatic heterocycles. The number of carbonyl (C=O) groups is 2. The summed E-state index contributed by atoms with van der Waals surface area (Å²) in [6.45, 7) is 11.2. The number of carbonyl (C=O) groups excluding carboxylic acids is 2. The van der Waals surface area contributed by atoms with Crippen LogP contribution in [0.5, 0.6) is 5.88 Å². The van der Waals surface area contributed by atoms with Crippen LogP contribution >= 0.6 is 0 Å². The average Bonchev–Trinajstić information content (AvgIpc) is 3.58. The van der Waals surface area contributed by atoms with Crippen LogP contribution in [0, 0.1) is 6.92 Å². The Hall–Kier alpha value is -5.24. The van der Waals surface area contributed by atoms with Crippen LogP contribution in [-0.2, 0) is 22.3 Å². The number of methoxy groups -OCH3 is 1. The van der Waals surface area contributed by atoms with Gasteiger partial charge in [0.15, 0.2) is 0 Å². The number of piperazine rings is 1. The Morgan fingerprint density at radius 3 is 2.58 bits per heavy atom. The zero-order valence-corrected chi connectivity index (χ0v) is 27.1. The van der Waals surface area contributed by atoms with Crippen molar-refractivity contribution in [2.75, 3.05) is 42.7 Å². The Labute approximate surface area is 276 Å². The number of allylic oxidation sites excluding steroid dienone is 4. The molecule has 14 heteroatoms. The third kappa shape index (κ3) is 7.65. The van der Waals surface area contributed by atoms with Gasteiger partial charge in [0.1, 0.15) is 11.4 Å². The molecule has 2 amide bonds. The van der Waals surface area contributed by atoms with E-state index in [0.717, 1.165) is 17.2 Å². The van der Waals surface area contributed by atoms with Crippen LogP contribution in [-0.4, -0.2) is 69.4 Å². The van der Waals surface area contributed by atoms with Crippen molar-refractivity contribution >= 4 is 46.2 Å². The zero-order chi connectivity index (χ0) is 34.6. The minimum Gasteiger partial charge on any atom is -0.481 e. The molecule has 1 fully saturated rings. The molecule has 48 heavy (non-hydrogen) atoms. The Bertz CT molecular complexity index is 1790. The molecule has 0 saturated carbocycles. The van der Waals surface area contributed by atoms with Gasteiger partial charge in [0.2, 0.25) is 23.6 Å². The molecule has 0 bridgehead atoms. The van der Waals surface area contributed by atoms with Crippen molar-refractivity contribution in [2.24, 2.45) is 0 Å². The molecule has 5 rings (SSSR count). The van der Waals surface area contributed by atoms with Crippen molar-refractivity contribution < 1.29 is 27.5 Å². The Balaban J connectivity index is 1.58. The molecule has 1 aliphatic carbocycles. The predicted octanol–water partition coefficient (Wildman–Crippen LogP) is 6.22. The van der Waals surface area contributed by atoms with E-state index < -0.39 is 23.5 Å². The number of halogens is 3. The molecule has 2 aromatic heterocycles. The lowest BCUT2D eigenvalue weighted by Crippen LogP contribution is -2.52. The third-order valence-corrected chi connectivity index (χ3v) is 8.28. The van der Waals surface area contributed by atoms with Crippen molar-refractivity contribution in [1.29, 1.82) is 0 Å². The van der Waals surface area contributed by atoms with Crippen molar-refractivity contribution in [3.63, 3.8) is 0 Å². The van der Waals surface area contributed by atoms with Gasteiger partial charge < -0.3 is 25.6 Å². The molecular weight excluding hydrogens is 625 g/mol. The summed E-state index contributed by atoms with van der Waals surface area (Å²) < 4.78 is 48.1. The van der Waals surface area contributed by atoms with E-state index in [4.69, 9.17) is 4.74 Å². The number of aromatic nitrogens is 3. The minimum absolute atomic E-state index is 0.0196. The first-order valence-electron chi connectivity index (χ1n) is 15.3. The lowest BCUT2D eigenvalue weighted by Gasteiger charge is -2.40. The molecule has 3 heterocycles. The van der Waals surface area contributed by atoms with E-state index in [2.05, 4.69) is 42.4 Å². The van der Waals surface area contributed by atoms with Crippen LogP contribution in [0.3, 0.4) is 0 Å². The lowest BCUT2D eigenvalue weighted by atomic mass is 9.94. The predicted molar refractivity (Wildman–Crippen MR) is 178 cm³/mol. The molecule has 0 spiro atoms. The third-order valence-electron chi connectivity index (χ3n) is 8.28. The number of nitrogens with zero attached hydrogens (tertiary/aromatic N) is 5. The second kappa shape index (κ2) is 14.3. The molecule has 1 atom stereocenters. The van der Waals surface area contributed by atoms with Gasteiger partial charge in [-0.1, -0.05) is 30.9 Å². The molecule has 1 saturated heterocycles. The van der Waals surface area contributed by atoms with E-state index in [9.17, 15) is 22.8 Å². The molecule has 11 nitrogen and oxygen atoms in total. The first-order valence-corrected chi connectivity index (χ1v) is 15.3. The lowest BCUT2D eigenvalue weighted by molar-refractivity contribution is -0.137. The fourth-order valence-corrected chi connectivity index (χ4v) is 5.66. The number of ether oxygens (including phenoxy) is 1. The summed E-state index contributed by atoms with van der Waals surface area (Å²) in [5.74, 6) is -0.828. The number of alkyl halides is 3. The van der Waals surface area contributed by atoms with Gasteiger partial charge >= 0.3 is 6.18 Å². The Morgan fingerprint density at radius 2 is 1.94 bits per heavy atom. The average molecular weight is 663 g/mol. The normalized spacial score (nSPS) is 16.4. The highest BCUT2D eigenvalue weighted by Crippen LogP contribution is 2.42. The van der Waals surface area contributed by atoms with E-state index in [-0.39, 0.29) is 23.6 Å². The van der Waals surface area contributed by atoms with Gasteiger partial charge in [0, 0.05) is 63.2 Å². The van der Waals surface area contributed by atoms with Gasteiger partial charge in [0.05, 0.1) is 24.2 Å². The van der Waals surface area contributed by atoms with Gasteiger partial charge in [0.25, 0.3) is 0 Å². The molecule has 3 aromatic rings. The van der Waals surface area contributed by atoms with E-state index >= 15 is 0 Å². The maximum Gasteiger partial charge on any atom is 0.421 e. The minimum atomic E-state index is -4.79. The van der Waals surface area contributed by atoms with Crippen LogP contribution in [0.25, 0.3) is 5.57 Å². The number of hydrogen-bond acceptors (Lipinski definition) is 9. The monoisotopic (exact) mass is 662 g/mol. The quantitative estimate of drug-likeness (QED) is 0.217. The molecular formula is C34H37F3N8O3. The van der Waals surface area contributed by atoms with Crippen molar-refractivity contribution in [1.82, 2.24) is 24.8 Å². The molecule has 252 valence electrons. The maximum atomic E-state index is 14.3. The highest BCUT2D eigenvalue weighted by atomic mass is 19.4. The van der Waals surface area contributed by atoms with Crippen LogP contribution in [0.1, 0.15) is 42.5 Å². The van der Waals surface area contributed by atoms with Crippen molar-refractivity contribution in [3.05, 3.63) is 83.7 Å². The van der Waals surface area contributed by atoms with Crippen LogP contribution in [0.2, 0.25) is 0 Å². The zero-order valence-electron chi connectivity index (χ0n) is 27.1. The Kier molecular flexibility index (Phi) is 10.1. The van der Waals surface area contributed by atoms with Crippen LogP contribution in [0.4, 0.5) is 42.0 Å². The fourth-order valence-electron chi connectivity index (χ4n) is 5.66. The van der Waals surface area contributed by atoms with Gasteiger partial charge in [-0.05, 0) is 49.1 Å². The Morgan fingerprint density at radius 1 is 1.15 bits per heavy atom. The molecule has 3 N–H and O–H groups in total. The number of anilines is 5. The summed E-state index contributed by atoms with van der Waals surface area (Å²) >= 11 is 0. The summed E-state index contributed by atoms with van der Waals surface area (Å²) in [7, 11) is 1.45. The molecule has 0 radical (unpaired) electrons. The number of hydrogen-bond donors (Lipinski definition) is 3. The first kappa shape index (κ1) is 34.1. The summed E-state index contributed by atoms with van der Waals surface area (Å²) in [4.78, 5) is 41.1. The molecule has 1 aromatic carbocycles. The van der Waals surface area contributed by atoms with E-state index in [1.807, 2.05) is 36.1 Å². The van der Waals surface area contributed by atoms with Gasteiger partial charge in [-0.2, -0.15) is 18.2 Å². The van der Waals surface area contributed by atoms with E-state index in [1.54, 1.807) is 32.2 Å². The van der Waals surface area contributed by atoms with E-state index in [0.29, 0.717) is 67.2 Å². The highest BCUT2D eigenvalue weighted by Gasteiger charge is 2.36. The largest absolute Gasteiger partial charge is 0.481 e. The summed E-state index contributed by atoms with van der Waals surface area (Å²) in [6, 6.07) is 5.11. The number of benzene rings is 1. The number of amides is 2. The standard InChI is InChI=1S/C34H37F3N8O3/c1-6-28(47)42-31-26(12-11-24(30(31)23-9-7-8-10-23)19-44-13-14-45(22(4)46)18-21(44)3)40-32-25(34(35,36)37)17-39-33(43-32)41-27-15-29(48-5)38-16-20(27)2/h6-9,11-12,15-17,21H,1,10,13-14,18-19H2,2-5H3,(H,42,47)(H2,38,39,40,41,43)/t21-/m1/s1. The second-order valence-corrected chi connectivity index (χ2v) is 11.6. The summed E-state index contributed by atoms with van der Waals surface area (Å²) in [5, 5.41) is 8.66. The van der Waals surface area contributed by atoms with Gasteiger partial charge in [-0.3, -0.25) is 14.5 Å². The summed E-state index contributed by atoms with van der Waals surface area (Å²) in [5.41, 5.74) is 3.01. The van der Waals surface area contributed by atoms with Crippen LogP contribution in [0.15, 0.2) is 61.5 Å². The van der Waals surface area contributed by atoms with E-state index in [1.165, 1.54) is 7.11 Å². The number of nitrogens with one attached hydrogen (secondary N) is 3. The number of rotatable bonds is 10. The molecule has 0 unspecified atom stereocenters. The topological polar surface area (TPSA) is 125 Å². The van der Waals surface area contributed by atoms with Gasteiger partial charge in [-0.15, -0.1) is 0 Å². The SMILES string of the molecule is C=CC(=O)Nc1c(Nc2nc(Nc3cc(OC)ncc3C)ncc2C(F)(F)F)ccc(CN2CCN(C(C)=O)C[C@H]2C)c1C1=CC=CC1. The fraction of sp³-hybridized carbons (Fsp3) is 0.324. The second-order valence-electron chi connectivity index (χ2n) is 11.6. The summed E-state index contributed by atoms with van der Waals surface area (Å²) in [6.07, 6.45) is 4.91. The van der Waals surface area contributed by atoms with Crippen molar-refractivity contribution in [2.45, 2.75) is 46.0 Å².